The van der Waals surface area contributed by atoms with Gasteiger partial charge in [0.05, 0.1) is 21.6 Å². The van der Waals surface area contributed by atoms with Crippen LogP contribution in [0.25, 0.3) is 11.3 Å². The summed E-state index contributed by atoms with van der Waals surface area (Å²) in [5.74, 6) is 0.506. The Labute approximate surface area is 172 Å². The first kappa shape index (κ1) is 17.6. The smallest absolute Gasteiger partial charge is 0.244 e. The highest BCUT2D eigenvalue weighted by Gasteiger charge is 2.36. The van der Waals surface area contributed by atoms with E-state index in [0.29, 0.717) is 28.3 Å². The lowest BCUT2D eigenvalue weighted by molar-refractivity contribution is 0.174. The summed E-state index contributed by atoms with van der Waals surface area (Å²) in [6.45, 7) is 0.160. The van der Waals surface area contributed by atoms with Crippen LogP contribution in [0.2, 0.25) is 0 Å². The van der Waals surface area contributed by atoms with Crippen LogP contribution in [0, 0.1) is 17.1 Å². The first-order chi connectivity index (χ1) is 14.1. The molecule has 7 nitrogen and oxygen atoms in total. The summed E-state index contributed by atoms with van der Waals surface area (Å²) in [4.78, 5) is 0. The molecule has 2 aliphatic rings. The van der Waals surface area contributed by atoms with Crippen molar-refractivity contribution in [2.24, 2.45) is 5.73 Å². The number of nitrogens with zero attached hydrogens (tertiary/aromatic N) is 2. The van der Waals surface area contributed by atoms with Crippen molar-refractivity contribution in [1.82, 2.24) is 10.2 Å². The van der Waals surface area contributed by atoms with Gasteiger partial charge in [0, 0.05) is 5.56 Å². The predicted molar refractivity (Wildman–Crippen MR) is 104 cm³/mol. The van der Waals surface area contributed by atoms with Crippen LogP contribution in [0.5, 0.6) is 17.4 Å². The number of aromatic nitrogens is 2. The van der Waals surface area contributed by atoms with E-state index in [1.54, 1.807) is 18.2 Å². The Bertz CT molecular complexity index is 1230. The number of nitrogens with one attached hydrogen (secondary N) is 1. The van der Waals surface area contributed by atoms with Crippen molar-refractivity contribution < 1.29 is 18.6 Å². The Kier molecular flexibility index (Phi) is 3.96. The van der Waals surface area contributed by atoms with Crippen molar-refractivity contribution in [3.63, 3.8) is 0 Å². The minimum atomic E-state index is -0.583. The van der Waals surface area contributed by atoms with Crippen LogP contribution in [-0.4, -0.2) is 17.0 Å². The number of nitrogens with two attached hydrogens (primary N) is 1. The quantitative estimate of drug-likeness (QED) is 0.607. The number of allylic oxidation sites excluding steroid dienone is 1. The first-order valence-electron chi connectivity index (χ1n) is 8.57. The van der Waals surface area contributed by atoms with E-state index in [-0.39, 0.29) is 28.6 Å². The molecule has 0 aliphatic carbocycles. The molecule has 0 fully saturated rings. The molecular formula is C20H12BrFN4O3. The fraction of sp³-hybridized carbons (Fsp3) is 0.100. The van der Waals surface area contributed by atoms with E-state index in [1.807, 2.05) is 12.1 Å². The highest BCUT2D eigenvalue weighted by atomic mass is 79.9. The molecule has 3 N–H and O–H groups in total. The topological polar surface area (TPSA) is 106 Å². The molecule has 29 heavy (non-hydrogen) atoms. The maximum atomic E-state index is 13.8. The van der Waals surface area contributed by atoms with E-state index in [2.05, 4.69) is 32.2 Å². The lowest BCUT2D eigenvalue weighted by atomic mass is 9.83. The molecule has 0 spiro atoms. The van der Waals surface area contributed by atoms with Gasteiger partial charge in [0.25, 0.3) is 0 Å². The third-order valence-electron chi connectivity index (χ3n) is 4.88. The van der Waals surface area contributed by atoms with Crippen molar-refractivity contribution in [1.29, 1.82) is 5.26 Å². The molecule has 1 atom stereocenters. The Balaban J connectivity index is 1.71. The molecule has 3 heterocycles. The van der Waals surface area contributed by atoms with Gasteiger partial charge in [-0.2, -0.15) is 5.26 Å². The lowest BCUT2D eigenvalue weighted by Crippen LogP contribution is -2.21. The Morgan fingerprint density at radius 3 is 2.83 bits per heavy atom. The van der Waals surface area contributed by atoms with Gasteiger partial charge < -0.3 is 19.9 Å². The molecule has 2 aromatic carbocycles. The zero-order valence-electron chi connectivity index (χ0n) is 14.7. The second kappa shape index (κ2) is 6.53. The molecule has 1 aromatic heterocycles. The van der Waals surface area contributed by atoms with Gasteiger partial charge >= 0.3 is 0 Å². The fourth-order valence-corrected chi connectivity index (χ4v) is 3.94. The van der Waals surface area contributed by atoms with Crippen molar-refractivity contribution in [3.05, 3.63) is 69.3 Å². The van der Waals surface area contributed by atoms with Gasteiger partial charge in [0.15, 0.2) is 11.5 Å². The average molecular weight is 455 g/mol. The van der Waals surface area contributed by atoms with Crippen LogP contribution < -0.4 is 19.9 Å². The van der Waals surface area contributed by atoms with Crippen molar-refractivity contribution in [2.75, 3.05) is 6.79 Å². The van der Waals surface area contributed by atoms with Crippen molar-refractivity contribution in [2.45, 2.75) is 5.92 Å². The summed E-state index contributed by atoms with van der Waals surface area (Å²) in [5.41, 5.74) is 8.92. The van der Waals surface area contributed by atoms with Gasteiger partial charge in [-0.3, -0.25) is 5.10 Å². The molecule has 144 valence electrons. The van der Waals surface area contributed by atoms with E-state index in [0.717, 1.165) is 5.56 Å². The molecule has 9 heteroatoms. The highest BCUT2D eigenvalue weighted by Crippen LogP contribution is 2.47. The number of nitriles is 1. The summed E-state index contributed by atoms with van der Waals surface area (Å²) in [6, 6.07) is 12.2. The van der Waals surface area contributed by atoms with E-state index in [4.69, 9.17) is 19.9 Å². The van der Waals surface area contributed by atoms with Gasteiger partial charge in [-0.25, -0.2) is 4.39 Å². The molecule has 0 saturated carbocycles. The molecule has 0 unspecified atom stereocenters. The molecule has 5 rings (SSSR count). The maximum absolute atomic E-state index is 13.8. The number of fused-ring (bicyclic) bond motifs is 2. The number of hydrogen-bond donors (Lipinski definition) is 2. The van der Waals surface area contributed by atoms with Gasteiger partial charge in [-0.1, -0.05) is 6.07 Å². The number of benzene rings is 2. The molecule has 0 saturated heterocycles. The second-order valence-electron chi connectivity index (χ2n) is 6.48. The minimum Gasteiger partial charge on any atom is -0.454 e. The van der Waals surface area contributed by atoms with Gasteiger partial charge in [0.2, 0.25) is 18.6 Å². The van der Waals surface area contributed by atoms with Gasteiger partial charge in [0.1, 0.15) is 17.5 Å². The van der Waals surface area contributed by atoms with Crippen LogP contribution in [-0.2, 0) is 0 Å². The lowest BCUT2D eigenvalue weighted by Gasteiger charge is -2.24. The monoisotopic (exact) mass is 454 g/mol. The van der Waals surface area contributed by atoms with Crippen molar-refractivity contribution >= 4 is 15.9 Å². The molecule has 0 radical (unpaired) electrons. The molecule has 2 aliphatic heterocycles. The Morgan fingerprint density at radius 1 is 1.21 bits per heavy atom. The number of halogens is 2. The summed E-state index contributed by atoms with van der Waals surface area (Å²) in [6.07, 6.45) is 0. The van der Waals surface area contributed by atoms with E-state index < -0.39 is 11.7 Å². The van der Waals surface area contributed by atoms with Crippen LogP contribution >= 0.6 is 15.9 Å². The minimum absolute atomic E-state index is 0.0332. The van der Waals surface area contributed by atoms with E-state index in [9.17, 15) is 9.65 Å². The number of hydrogen-bond acceptors (Lipinski definition) is 6. The molecular weight excluding hydrogens is 443 g/mol. The summed E-state index contributed by atoms with van der Waals surface area (Å²) < 4.78 is 30.5. The number of H-pyrrole nitrogens is 1. The van der Waals surface area contributed by atoms with Crippen LogP contribution in [0.4, 0.5) is 4.39 Å². The van der Waals surface area contributed by atoms with Gasteiger partial charge in [-0.05, 0) is 51.8 Å². The first-order valence-corrected chi connectivity index (χ1v) is 9.37. The van der Waals surface area contributed by atoms with Crippen molar-refractivity contribution in [3.8, 4) is 34.7 Å². The summed E-state index contributed by atoms with van der Waals surface area (Å²) in [5, 5.41) is 16.9. The van der Waals surface area contributed by atoms with Crippen LogP contribution in [0.15, 0.2) is 52.3 Å². The average Bonchev–Trinajstić information content (AvgIpc) is 3.35. The van der Waals surface area contributed by atoms with Crippen LogP contribution in [0.3, 0.4) is 0 Å². The van der Waals surface area contributed by atoms with E-state index in [1.165, 1.54) is 6.07 Å². The van der Waals surface area contributed by atoms with Crippen LogP contribution in [0.1, 0.15) is 17.0 Å². The third-order valence-corrected chi connectivity index (χ3v) is 5.48. The molecule has 0 bridgehead atoms. The predicted octanol–water partition coefficient (Wildman–Crippen LogP) is 3.93. The zero-order valence-corrected chi connectivity index (χ0v) is 16.3. The maximum Gasteiger partial charge on any atom is 0.244 e. The Hall–Kier alpha value is -3.51. The normalized spacial score (nSPS) is 16.9. The summed E-state index contributed by atoms with van der Waals surface area (Å²) in [7, 11) is 0. The fourth-order valence-electron chi connectivity index (χ4n) is 3.54. The highest BCUT2D eigenvalue weighted by molar-refractivity contribution is 9.10. The Morgan fingerprint density at radius 2 is 2.03 bits per heavy atom. The SMILES string of the molecule is N#CC1=C(N)Oc2n[nH]c(-c3ccc4c(c3)OCO4)c2[C@@H]1c1ccc(F)c(Br)c1. The molecule has 3 aromatic rings. The van der Waals surface area contributed by atoms with Gasteiger partial charge in [-0.15, -0.1) is 5.10 Å². The second-order valence-corrected chi connectivity index (χ2v) is 7.34. The third kappa shape index (κ3) is 2.72. The van der Waals surface area contributed by atoms with E-state index >= 15 is 0 Å². The number of aromatic amines is 1. The zero-order chi connectivity index (χ0) is 20.1. The number of ether oxygens (including phenoxy) is 3. The number of rotatable bonds is 2. The largest absolute Gasteiger partial charge is 0.454 e. The summed E-state index contributed by atoms with van der Waals surface area (Å²) >= 11 is 3.21. The molecule has 0 amide bonds. The standard InChI is InChI=1S/C20H12BrFN4O3/c21-12-5-9(1-3-13(12)22)16-11(7-23)19(24)29-20-17(16)18(25-26-20)10-2-4-14-15(6-10)28-8-27-14/h1-6,16H,8,24H2,(H,25,26)/t16-/m1/s1.